The molecule has 0 bridgehead atoms. The van der Waals surface area contributed by atoms with Gasteiger partial charge >= 0.3 is 0 Å². The van der Waals surface area contributed by atoms with Crippen LogP contribution in [0.2, 0.25) is 0 Å². The van der Waals surface area contributed by atoms with E-state index in [1.54, 1.807) is 18.3 Å². The molecular weight excluding hydrogens is 178 g/mol. The van der Waals surface area contributed by atoms with Crippen molar-refractivity contribution in [3.63, 3.8) is 0 Å². The second kappa shape index (κ2) is 4.39. The minimum atomic E-state index is -0.678. The predicted molar refractivity (Wildman–Crippen MR) is 56.4 cm³/mol. The highest BCUT2D eigenvalue weighted by Gasteiger charge is 2.19. The Hall–Kier alpha value is -1.13. The molecule has 0 saturated carbocycles. The Morgan fingerprint density at radius 3 is 2.43 bits per heavy atom. The van der Waals surface area contributed by atoms with Gasteiger partial charge in [-0.3, -0.25) is 0 Å². The number of aliphatic hydroxyl groups is 1. The quantitative estimate of drug-likeness (QED) is 0.662. The molecule has 0 aliphatic carbocycles. The summed E-state index contributed by atoms with van der Waals surface area (Å²) >= 11 is 0. The van der Waals surface area contributed by atoms with Crippen molar-refractivity contribution in [1.29, 1.82) is 0 Å². The van der Waals surface area contributed by atoms with E-state index in [-0.39, 0.29) is 12.0 Å². The molecule has 0 saturated heterocycles. The van der Waals surface area contributed by atoms with Gasteiger partial charge in [-0.05, 0) is 12.0 Å². The number of hydrogen-bond acceptors (Lipinski definition) is 4. The second-order valence-corrected chi connectivity index (χ2v) is 3.78. The van der Waals surface area contributed by atoms with Gasteiger partial charge in [0.25, 0.3) is 0 Å². The first-order valence-corrected chi connectivity index (χ1v) is 4.67. The molecule has 4 nitrogen and oxygen atoms in total. The number of nitrogens with two attached hydrogens (primary N) is 2. The van der Waals surface area contributed by atoms with Gasteiger partial charge in [-0.25, -0.2) is 4.98 Å². The van der Waals surface area contributed by atoms with Crippen LogP contribution in [0, 0.1) is 5.92 Å². The van der Waals surface area contributed by atoms with Crippen molar-refractivity contribution in [3.05, 3.63) is 23.9 Å². The van der Waals surface area contributed by atoms with E-state index in [0.717, 1.165) is 0 Å². The Labute approximate surface area is 83.9 Å². The van der Waals surface area contributed by atoms with Crippen LogP contribution in [0.4, 0.5) is 5.82 Å². The van der Waals surface area contributed by atoms with Gasteiger partial charge in [0, 0.05) is 17.8 Å². The number of pyridine rings is 1. The zero-order valence-electron chi connectivity index (χ0n) is 8.51. The van der Waals surface area contributed by atoms with Crippen LogP contribution in [0.15, 0.2) is 18.3 Å². The monoisotopic (exact) mass is 195 g/mol. The third-order valence-corrected chi connectivity index (χ3v) is 2.29. The number of rotatable bonds is 3. The molecule has 0 fully saturated rings. The predicted octanol–water partition coefficient (Wildman–Crippen LogP) is 0.680. The van der Waals surface area contributed by atoms with Crippen LogP contribution in [-0.4, -0.2) is 16.1 Å². The number of anilines is 1. The summed E-state index contributed by atoms with van der Waals surface area (Å²) in [5.41, 5.74) is 12.0. The van der Waals surface area contributed by atoms with Gasteiger partial charge in [0.2, 0.25) is 0 Å². The Morgan fingerprint density at radius 1 is 1.36 bits per heavy atom. The average molecular weight is 195 g/mol. The molecule has 0 aliphatic heterocycles. The average Bonchev–Trinajstić information content (AvgIpc) is 2.16. The first-order valence-electron chi connectivity index (χ1n) is 4.67. The summed E-state index contributed by atoms with van der Waals surface area (Å²) in [6, 6.07) is 3.13. The molecule has 5 N–H and O–H groups in total. The van der Waals surface area contributed by atoms with Crippen molar-refractivity contribution in [2.45, 2.75) is 26.0 Å². The van der Waals surface area contributed by atoms with Crippen LogP contribution >= 0.6 is 0 Å². The Kier molecular flexibility index (Phi) is 3.43. The summed E-state index contributed by atoms with van der Waals surface area (Å²) in [5.74, 6) is 0.668. The molecule has 1 rings (SSSR count). The lowest BCUT2D eigenvalue weighted by atomic mass is 9.95. The SMILES string of the molecule is CC(C)C(N)C(O)c1ccc(N)nc1. The van der Waals surface area contributed by atoms with Gasteiger partial charge in [0.05, 0.1) is 6.10 Å². The molecule has 4 heteroatoms. The zero-order valence-corrected chi connectivity index (χ0v) is 8.51. The highest BCUT2D eigenvalue weighted by atomic mass is 16.3. The molecule has 2 atom stereocenters. The van der Waals surface area contributed by atoms with Crippen LogP contribution < -0.4 is 11.5 Å². The van der Waals surface area contributed by atoms with E-state index < -0.39 is 6.10 Å². The summed E-state index contributed by atoms with van der Waals surface area (Å²) in [5, 5.41) is 9.84. The summed E-state index contributed by atoms with van der Waals surface area (Å²) in [4.78, 5) is 3.90. The lowest BCUT2D eigenvalue weighted by Crippen LogP contribution is -2.33. The maximum absolute atomic E-state index is 9.84. The fourth-order valence-electron chi connectivity index (χ4n) is 1.18. The van der Waals surface area contributed by atoms with Crippen LogP contribution in [0.5, 0.6) is 0 Å². The fraction of sp³-hybridized carbons (Fsp3) is 0.500. The largest absolute Gasteiger partial charge is 0.387 e. The van der Waals surface area contributed by atoms with E-state index in [2.05, 4.69) is 4.98 Å². The summed E-state index contributed by atoms with van der Waals surface area (Å²) < 4.78 is 0. The highest BCUT2D eigenvalue weighted by Crippen LogP contribution is 2.19. The zero-order chi connectivity index (χ0) is 10.7. The Bertz CT molecular complexity index is 284. The topological polar surface area (TPSA) is 85.2 Å². The molecule has 1 aromatic rings. The van der Waals surface area contributed by atoms with Crippen molar-refractivity contribution in [2.24, 2.45) is 11.7 Å². The molecule has 0 aromatic carbocycles. The van der Waals surface area contributed by atoms with Gasteiger partial charge < -0.3 is 16.6 Å². The molecule has 0 amide bonds. The molecule has 1 aromatic heterocycles. The molecular formula is C10H17N3O. The first kappa shape index (κ1) is 10.9. The first-order chi connectivity index (χ1) is 6.52. The van der Waals surface area contributed by atoms with Gasteiger partial charge in [0.1, 0.15) is 5.82 Å². The number of aliphatic hydroxyl groups excluding tert-OH is 1. The minimum Gasteiger partial charge on any atom is -0.387 e. The van der Waals surface area contributed by atoms with Gasteiger partial charge in [-0.1, -0.05) is 19.9 Å². The molecule has 78 valence electrons. The van der Waals surface area contributed by atoms with Gasteiger partial charge in [0.15, 0.2) is 0 Å². The van der Waals surface area contributed by atoms with Crippen LogP contribution in [0.1, 0.15) is 25.5 Å². The van der Waals surface area contributed by atoms with Crippen LogP contribution in [-0.2, 0) is 0 Å². The summed E-state index contributed by atoms with van der Waals surface area (Å²) in [7, 11) is 0. The summed E-state index contributed by atoms with van der Waals surface area (Å²) in [6.45, 7) is 3.94. The van der Waals surface area contributed by atoms with Gasteiger partial charge in [-0.2, -0.15) is 0 Å². The molecule has 0 spiro atoms. The molecule has 2 unspecified atom stereocenters. The van der Waals surface area contributed by atoms with Crippen molar-refractivity contribution in [2.75, 3.05) is 5.73 Å². The van der Waals surface area contributed by atoms with E-state index >= 15 is 0 Å². The van der Waals surface area contributed by atoms with Crippen molar-refractivity contribution in [3.8, 4) is 0 Å². The third kappa shape index (κ3) is 2.43. The van der Waals surface area contributed by atoms with Crippen LogP contribution in [0.25, 0.3) is 0 Å². The van der Waals surface area contributed by atoms with E-state index in [0.29, 0.717) is 11.4 Å². The van der Waals surface area contributed by atoms with E-state index in [9.17, 15) is 5.11 Å². The number of nitrogens with zero attached hydrogens (tertiary/aromatic N) is 1. The maximum Gasteiger partial charge on any atom is 0.123 e. The van der Waals surface area contributed by atoms with Crippen molar-refractivity contribution >= 4 is 5.82 Å². The molecule has 0 aliphatic rings. The lowest BCUT2D eigenvalue weighted by Gasteiger charge is -2.22. The van der Waals surface area contributed by atoms with Crippen molar-refractivity contribution < 1.29 is 5.11 Å². The van der Waals surface area contributed by atoms with E-state index in [1.165, 1.54) is 0 Å². The standard InChI is InChI=1S/C10H17N3O/c1-6(2)9(12)10(14)7-3-4-8(11)13-5-7/h3-6,9-10,14H,12H2,1-2H3,(H2,11,13). The van der Waals surface area contributed by atoms with Crippen molar-refractivity contribution in [1.82, 2.24) is 4.98 Å². The summed E-state index contributed by atoms with van der Waals surface area (Å²) in [6.07, 6.45) is 0.880. The van der Waals surface area contributed by atoms with E-state index in [4.69, 9.17) is 11.5 Å². The smallest absolute Gasteiger partial charge is 0.123 e. The van der Waals surface area contributed by atoms with Crippen LogP contribution in [0.3, 0.4) is 0 Å². The highest BCUT2D eigenvalue weighted by molar-refractivity contribution is 5.30. The third-order valence-electron chi connectivity index (χ3n) is 2.29. The lowest BCUT2D eigenvalue weighted by molar-refractivity contribution is 0.125. The number of nitrogen functional groups attached to an aromatic ring is 1. The van der Waals surface area contributed by atoms with E-state index in [1.807, 2.05) is 13.8 Å². The fourth-order valence-corrected chi connectivity index (χ4v) is 1.18. The maximum atomic E-state index is 9.84. The number of hydrogen-bond donors (Lipinski definition) is 3. The Balaban J connectivity index is 2.78. The minimum absolute atomic E-state index is 0.225. The normalized spacial score (nSPS) is 15.5. The molecule has 14 heavy (non-hydrogen) atoms. The molecule has 0 radical (unpaired) electrons. The van der Waals surface area contributed by atoms with Gasteiger partial charge in [-0.15, -0.1) is 0 Å². The second-order valence-electron chi connectivity index (χ2n) is 3.78. The Morgan fingerprint density at radius 2 is 2.00 bits per heavy atom. The molecule has 1 heterocycles. The number of aromatic nitrogens is 1.